The number of carbonyl (C=O) groups excluding carboxylic acids is 3. The average molecular weight is 526 g/mol. The van der Waals surface area contributed by atoms with E-state index in [2.05, 4.69) is 9.69 Å². The van der Waals surface area contributed by atoms with Crippen LogP contribution in [0.5, 0.6) is 5.75 Å². The third-order valence-electron chi connectivity index (χ3n) is 6.19. The number of anilines is 2. The van der Waals surface area contributed by atoms with E-state index in [0.717, 1.165) is 37.2 Å². The number of halogens is 1. The van der Waals surface area contributed by atoms with E-state index in [1.54, 1.807) is 24.3 Å². The molecule has 2 aromatic carbocycles. The van der Waals surface area contributed by atoms with Crippen LogP contribution in [0.1, 0.15) is 64.4 Å². The molecule has 3 aromatic rings. The summed E-state index contributed by atoms with van der Waals surface area (Å²) in [6.45, 7) is 2.31. The van der Waals surface area contributed by atoms with Gasteiger partial charge >= 0.3 is 0 Å². The SMILES string of the molecule is CCOc1ccc(N(C(=O)c2snc(C(N)=O)c2N)[C@H](C(=O)NC2CCCC2)c2ccc(F)cc2)cc1. The fourth-order valence-electron chi connectivity index (χ4n) is 4.40. The van der Waals surface area contributed by atoms with Crippen molar-refractivity contribution in [1.82, 2.24) is 9.69 Å². The molecule has 11 heteroatoms. The molecule has 1 heterocycles. The number of carbonyl (C=O) groups is 3. The largest absolute Gasteiger partial charge is 0.494 e. The Morgan fingerprint density at radius 1 is 1.14 bits per heavy atom. The third-order valence-corrected chi connectivity index (χ3v) is 7.05. The molecule has 3 amide bonds. The maximum absolute atomic E-state index is 14.0. The van der Waals surface area contributed by atoms with Crippen molar-refractivity contribution in [2.24, 2.45) is 5.73 Å². The van der Waals surface area contributed by atoms with Crippen LogP contribution < -0.4 is 26.4 Å². The fraction of sp³-hybridized carbons (Fsp3) is 0.308. The first-order valence-electron chi connectivity index (χ1n) is 12.0. The van der Waals surface area contributed by atoms with E-state index in [1.807, 2.05) is 6.92 Å². The molecule has 37 heavy (non-hydrogen) atoms. The van der Waals surface area contributed by atoms with Crippen molar-refractivity contribution in [3.63, 3.8) is 0 Å². The van der Waals surface area contributed by atoms with Crippen molar-refractivity contribution in [2.75, 3.05) is 17.2 Å². The number of hydrogen-bond donors (Lipinski definition) is 3. The van der Waals surface area contributed by atoms with Gasteiger partial charge in [0.2, 0.25) is 5.91 Å². The van der Waals surface area contributed by atoms with Crippen LogP contribution in [-0.2, 0) is 4.79 Å². The molecule has 1 aromatic heterocycles. The molecule has 0 radical (unpaired) electrons. The number of nitrogens with two attached hydrogens (primary N) is 2. The number of nitrogens with one attached hydrogen (secondary N) is 1. The number of primary amides is 1. The molecule has 0 spiro atoms. The monoisotopic (exact) mass is 525 g/mol. The van der Waals surface area contributed by atoms with Gasteiger partial charge in [-0.3, -0.25) is 19.3 Å². The molecule has 0 aliphatic heterocycles. The molecule has 1 atom stereocenters. The van der Waals surface area contributed by atoms with Gasteiger partial charge in [-0.25, -0.2) is 4.39 Å². The quantitative estimate of drug-likeness (QED) is 0.388. The van der Waals surface area contributed by atoms with Gasteiger partial charge in [0, 0.05) is 11.7 Å². The first kappa shape index (κ1) is 26.1. The molecule has 0 bridgehead atoms. The average Bonchev–Trinajstić information content (AvgIpc) is 3.53. The number of nitrogen functional groups attached to an aromatic ring is 1. The summed E-state index contributed by atoms with van der Waals surface area (Å²) in [7, 11) is 0. The normalized spacial score (nSPS) is 14.2. The van der Waals surface area contributed by atoms with E-state index in [0.29, 0.717) is 23.6 Å². The molecule has 1 aliphatic rings. The summed E-state index contributed by atoms with van der Waals surface area (Å²) in [6.07, 6.45) is 3.67. The standard InChI is InChI=1S/C26H28FN5O4S/c1-2-36-19-13-11-18(12-14-19)32(26(35)23-20(28)21(24(29)33)31-37-23)22(15-7-9-16(27)10-8-15)25(34)30-17-5-3-4-6-17/h7-14,17,22H,2-6,28H2,1H3,(H2,29,33)(H,30,34)/t22-/m0/s1. The highest BCUT2D eigenvalue weighted by molar-refractivity contribution is 7.09. The number of amides is 3. The number of aromatic nitrogens is 1. The summed E-state index contributed by atoms with van der Waals surface area (Å²) >= 11 is 0.723. The fourth-order valence-corrected chi connectivity index (χ4v) is 5.15. The second kappa shape index (κ2) is 11.4. The summed E-state index contributed by atoms with van der Waals surface area (Å²) in [5.74, 6) is -1.83. The molecule has 1 saturated carbocycles. The van der Waals surface area contributed by atoms with Crippen LogP contribution in [0.15, 0.2) is 48.5 Å². The smallest absolute Gasteiger partial charge is 0.273 e. The minimum Gasteiger partial charge on any atom is -0.494 e. The number of rotatable bonds is 9. The topological polar surface area (TPSA) is 141 Å². The molecule has 0 unspecified atom stereocenters. The van der Waals surface area contributed by atoms with Crippen LogP contribution in [0.4, 0.5) is 15.8 Å². The Morgan fingerprint density at radius 2 is 1.78 bits per heavy atom. The zero-order valence-electron chi connectivity index (χ0n) is 20.3. The summed E-state index contributed by atoms with van der Waals surface area (Å²) in [5, 5.41) is 3.05. The molecule has 0 saturated heterocycles. The predicted molar refractivity (Wildman–Crippen MR) is 139 cm³/mol. The number of ether oxygens (including phenoxy) is 1. The highest BCUT2D eigenvalue weighted by atomic mass is 32.1. The number of nitrogens with zero attached hydrogens (tertiary/aromatic N) is 2. The van der Waals surface area contributed by atoms with Gasteiger partial charge in [0.25, 0.3) is 11.8 Å². The minimum absolute atomic E-state index is 0.0253. The lowest BCUT2D eigenvalue weighted by Gasteiger charge is -2.32. The zero-order chi connectivity index (χ0) is 26.5. The van der Waals surface area contributed by atoms with Crippen molar-refractivity contribution in [3.05, 3.63) is 70.5 Å². The molecular formula is C26H28FN5O4S. The first-order chi connectivity index (χ1) is 17.8. The summed E-state index contributed by atoms with van der Waals surface area (Å²) < 4.78 is 23.3. The number of hydrogen-bond acceptors (Lipinski definition) is 7. The van der Waals surface area contributed by atoms with Gasteiger partial charge in [-0.2, -0.15) is 4.37 Å². The number of benzene rings is 2. The Hall–Kier alpha value is -3.99. The van der Waals surface area contributed by atoms with Crippen LogP contribution in [-0.4, -0.2) is 34.7 Å². The Bertz CT molecular complexity index is 1270. The second-order valence-corrected chi connectivity index (χ2v) is 9.46. The third kappa shape index (κ3) is 5.72. The van der Waals surface area contributed by atoms with Crippen LogP contribution in [0.3, 0.4) is 0 Å². The van der Waals surface area contributed by atoms with E-state index < -0.39 is 29.6 Å². The maximum atomic E-state index is 14.0. The Balaban J connectivity index is 1.83. The summed E-state index contributed by atoms with van der Waals surface area (Å²) in [5.41, 5.74) is 11.8. The van der Waals surface area contributed by atoms with Crippen LogP contribution in [0.2, 0.25) is 0 Å². The maximum Gasteiger partial charge on any atom is 0.273 e. The highest BCUT2D eigenvalue weighted by Crippen LogP contribution is 2.34. The van der Waals surface area contributed by atoms with Crippen molar-refractivity contribution in [1.29, 1.82) is 0 Å². The summed E-state index contributed by atoms with van der Waals surface area (Å²) in [4.78, 5) is 40.8. The van der Waals surface area contributed by atoms with Crippen molar-refractivity contribution < 1.29 is 23.5 Å². The second-order valence-electron chi connectivity index (χ2n) is 8.68. The van der Waals surface area contributed by atoms with Gasteiger partial charge in [0.1, 0.15) is 22.5 Å². The van der Waals surface area contributed by atoms with Crippen molar-refractivity contribution in [2.45, 2.75) is 44.7 Å². The Labute approximate surface area is 217 Å². The molecule has 4 rings (SSSR count). The Kier molecular flexibility index (Phi) is 8.02. The van der Waals surface area contributed by atoms with Gasteiger partial charge in [0.05, 0.1) is 12.3 Å². The minimum atomic E-state index is -1.16. The van der Waals surface area contributed by atoms with Crippen LogP contribution >= 0.6 is 11.5 Å². The lowest BCUT2D eigenvalue weighted by atomic mass is 10.0. The summed E-state index contributed by atoms with van der Waals surface area (Å²) in [6, 6.07) is 10.9. The lowest BCUT2D eigenvalue weighted by Crippen LogP contribution is -2.46. The van der Waals surface area contributed by atoms with E-state index in [4.69, 9.17) is 16.2 Å². The molecule has 9 nitrogen and oxygen atoms in total. The molecule has 194 valence electrons. The Morgan fingerprint density at radius 3 is 2.35 bits per heavy atom. The molecule has 1 fully saturated rings. The van der Waals surface area contributed by atoms with Gasteiger partial charge in [-0.05, 0) is 73.3 Å². The van der Waals surface area contributed by atoms with Gasteiger partial charge < -0.3 is 21.5 Å². The van der Waals surface area contributed by atoms with E-state index in [9.17, 15) is 18.8 Å². The molecular weight excluding hydrogens is 497 g/mol. The zero-order valence-corrected chi connectivity index (χ0v) is 21.1. The van der Waals surface area contributed by atoms with E-state index in [-0.39, 0.29) is 22.3 Å². The van der Waals surface area contributed by atoms with Crippen LogP contribution in [0.25, 0.3) is 0 Å². The van der Waals surface area contributed by atoms with Gasteiger partial charge in [-0.15, -0.1) is 0 Å². The van der Waals surface area contributed by atoms with E-state index >= 15 is 0 Å². The predicted octanol–water partition coefficient (Wildman–Crippen LogP) is 3.81. The van der Waals surface area contributed by atoms with Gasteiger partial charge in [0.15, 0.2) is 5.69 Å². The van der Waals surface area contributed by atoms with Crippen LogP contribution in [0, 0.1) is 5.82 Å². The van der Waals surface area contributed by atoms with Crippen molar-refractivity contribution >= 4 is 40.6 Å². The molecule has 5 N–H and O–H groups in total. The lowest BCUT2D eigenvalue weighted by molar-refractivity contribution is -0.123. The highest BCUT2D eigenvalue weighted by Gasteiger charge is 2.37. The van der Waals surface area contributed by atoms with Gasteiger partial charge in [-0.1, -0.05) is 25.0 Å². The van der Waals surface area contributed by atoms with E-state index in [1.165, 1.54) is 29.2 Å². The first-order valence-corrected chi connectivity index (χ1v) is 12.7. The van der Waals surface area contributed by atoms with Crippen molar-refractivity contribution in [3.8, 4) is 5.75 Å². The molecule has 1 aliphatic carbocycles.